The molecule has 0 spiro atoms. The third-order valence-electron chi connectivity index (χ3n) is 1.83. The first-order chi connectivity index (χ1) is 6.22. The van der Waals surface area contributed by atoms with Gasteiger partial charge in [-0.3, -0.25) is 0 Å². The predicted octanol–water partition coefficient (Wildman–Crippen LogP) is 1.80. The Morgan fingerprint density at radius 2 is 2.31 bits per heavy atom. The quantitative estimate of drug-likeness (QED) is 0.748. The van der Waals surface area contributed by atoms with Gasteiger partial charge in [-0.1, -0.05) is 23.7 Å². The van der Waals surface area contributed by atoms with Gasteiger partial charge in [-0.15, -0.1) is 0 Å². The molecular weight excluding hydrogens is 186 g/mol. The zero-order valence-electron chi connectivity index (χ0n) is 7.24. The lowest BCUT2D eigenvalue weighted by molar-refractivity contribution is -0.109. The molecule has 2 N–H and O–H groups in total. The van der Waals surface area contributed by atoms with E-state index < -0.39 is 0 Å². The molecule has 0 saturated carbocycles. The number of hydrogen-bond donors (Lipinski definition) is 1. The average Bonchev–Trinajstić information content (AvgIpc) is 2.14. The van der Waals surface area contributed by atoms with Gasteiger partial charge in [-0.25, -0.2) is 0 Å². The first kappa shape index (κ1) is 10.2. The minimum atomic E-state index is -0.362. The molecule has 0 radical (unpaired) electrons. The summed E-state index contributed by atoms with van der Waals surface area (Å²) in [5.41, 5.74) is 6.57. The number of hydrogen-bond acceptors (Lipinski definition) is 2. The van der Waals surface area contributed by atoms with Crippen LogP contribution in [0.2, 0.25) is 5.02 Å². The highest BCUT2D eigenvalue weighted by atomic mass is 35.5. The van der Waals surface area contributed by atoms with Crippen molar-refractivity contribution < 1.29 is 4.79 Å². The molecule has 13 heavy (non-hydrogen) atoms. The zero-order valence-corrected chi connectivity index (χ0v) is 8.00. The van der Waals surface area contributed by atoms with Crippen molar-refractivity contribution in [2.75, 3.05) is 0 Å². The zero-order chi connectivity index (χ0) is 9.68. The summed E-state index contributed by atoms with van der Waals surface area (Å²) >= 11 is 5.79. The molecule has 2 nitrogen and oxygen atoms in total. The fourth-order valence-electron chi connectivity index (χ4n) is 1.09. The summed E-state index contributed by atoms with van der Waals surface area (Å²) in [5.74, 6) is 0. The van der Waals surface area contributed by atoms with Gasteiger partial charge in [0.2, 0.25) is 0 Å². The van der Waals surface area contributed by atoms with E-state index in [4.69, 9.17) is 17.3 Å². The van der Waals surface area contributed by atoms with Crippen LogP contribution in [0, 0.1) is 0 Å². The second-order valence-electron chi connectivity index (χ2n) is 2.97. The standard InChI is InChI=1S/C10H12ClNO/c11-9-3-1-2-8(6-9)4-5-10(12)7-13/h1-3,6-7,10H,4-5,12H2. The molecule has 1 rings (SSSR count). The summed E-state index contributed by atoms with van der Waals surface area (Å²) in [4.78, 5) is 10.2. The number of aldehydes is 1. The Bertz CT molecular complexity index is 288. The second kappa shape index (κ2) is 5.00. The highest BCUT2D eigenvalue weighted by Crippen LogP contribution is 2.12. The molecule has 0 bridgehead atoms. The molecule has 70 valence electrons. The summed E-state index contributed by atoms with van der Waals surface area (Å²) in [6, 6.07) is 7.22. The fourth-order valence-corrected chi connectivity index (χ4v) is 1.31. The summed E-state index contributed by atoms with van der Waals surface area (Å²) in [6.07, 6.45) is 2.23. The van der Waals surface area contributed by atoms with Crippen LogP contribution in [-0.4, -0.2) is 12.3 Å². The van der Waals surface area contributed by atoms with Crippen molar-refractivity contribution in [3.8, 4) is 0 Å². The minimum absolute atomic E-state index is 0.362. The van der Waals surface area contributed by atoms with Gasteiger partial charge < -0.3 is 10.5 Å². The molecule has 1 atom stereocenters. The van der Waals surface area contributed by atoms with Gasteiger partial charge in [0, 0.05) is 5.02 Å². The smallest absolute Gasteiger partial charge is 0.136 e. The molecule has 0 aliphatic carbocycles. The Kier molecular flexibility index (Phi) is 3.93. The third-order valence-corrected chi connectivity index (χ3v) is 2.07. The molecule has 1 aromatic carbocycles. The van der Waals surface area contributed by atoms with E-state index in [0.29, 0.717) is 6.42 Å². The molecule has 0 aromatic heterocycles. The van der Waals surface area contributed by atoms with E-state index in [1.165, 1.54) is 0 Å². The Balaban J connectivity index is 2.49. The Morgan fingerprint density at radius 3 is 2.92 bits per heavy atom. The van der Waals surface area contributed by atoms with Crippen molar-refractivity contribution in [2.45, 2.75) is 18.9 Å². The van der Waals surface area contributed by atoms with Crippen LogP contribution in [-0.2, 0) is 11.2 Å². The number of carbonyl (C=O) groups is 1. The Morgan fingerprint density at radius 1 is 1.54 bits per heavy atom. The van der Waals surface area contributed by atoms with E-state index in [-0.39, 0.29) is 6.04 Å². The summed E-state index contributed by atoms with van der Waals surface area (Å²) in [6.45, 7) is 0. The maximum atomic E-state index is 10.2. The molecule has 0 heterocycles. The Hall–Kier alpha value is -0.860. The SMILES string of the molecule is NC(C=O)CCc1cccc(Cl)c1. The Labute approximate surface area is 82.7 Å². The molecule has 0 aliphatic rings. The van der Waals surface area contributed by atoms with Crippen LogP contribution in [0.1, 0.15) is 12.0 Å². The first-order valence-electron chi connectivity index (χ1n) is 4.17. The van der Waals surface area contributed by atoms with Crippen LogP contribution in [0.25, 0.3) is 0 Å². The van der Waals surface area contributed by atoms with E-state index in [0.717, 1.165) is 23.3 Å². The van der Waals surface area contributed by atoms with E-state index >= 15 is 0 Å². The maximum absolute atomic E-state index is 10.2. The number of benzene rings is 1. The number of rotatable bonds is 4. The van der Waals surface area contributed by atoms with Crippen LogP contribution in [0.4, 0.5) is 0 Å². The van der Waals surface area contributed by atoms with Crippen LogP contribution < -0.4 is 5.73 Å². The van der Waals surface area contributed by atoms with Crippen LogP contribution >= 0.6 is 11.6 Å². The molecule has 0 saturated heterocycles. The molecule has 0 aliphatic heterocycles. The highest BCUT2D eigenvalue weighted by Gasteiger charge is 2.00. The summed E-state index contributed by atoms with van der Waals surface area (Å²) in [7, 11) is 0. The van der Waals surface area contributed by atoms with Crippen molar-refractivity contribution >= 4 is 17.9 Å². The highest BCUT2D eigenvalue weighted by molar-refractivity contribution is 6.30. The van der Waals surface area contributed by atoms with Crippen LogP contribution in [0.3, 0.4) is 0 Å². The van der Waals surface area contributed by atoms with Crippen molar-refractivity contribution in [3.63, 3.8) is 0 Å². The number of nitrogens with two attached hydrogens (primary N) is 1. The molecule has 0 fully saturated rings. The van der Waals surface area contributed by atoms with Gasteiger partial charge in [-0.05, 0) is 30.5 Å². The van der Waals surface area contributed by atoms with E-state index in [2.05, 4.69) is 0 Å². The number of carbonyl (C=O) groups excluding carboxylic acids is 1. The summed E-state index contributed by atoms with van der Waals surface area (Å²) < 4.78 is 0. The van der Waals surface area contributed by atoms with Gasteiger partial charge in [0.1, 0.15) is 6.29 Å². The predicted molar refractivity (Wildman–Crippen MR) is 53.8 cm³/mol. The van der Waals surface area contributed by atoms with Gasteiger partial charge in [-0.2, -0.15) is 0 Å². The fraction of sp³-hybridized carbons (Fsp3) is 0.300. The van der Waals surface area contributed by atoms with Gasteiger partial charge in [0.25, 0.3) is 0 Å². The van der Waals surface area contributed by atoms with Crippen LogP contribution in [0.5, 0.6) is 0 Å². The maximum Gasteiger partial charge on any atom is 0.136 e. The van der Waals surface area contributed by atoms with Crippen molar-refractivity contribution in [3.05, 3.63) is 34.9 Å². The molecule has 0 amide bonds. The van der Waals surface area contributed by atoms with E-state index in [9.17, 15) is 4.79 Å². The van der Waals surface area contributed by atoms with Crippen molar-refractivity contribution in [2.24, 2.45) is 5.73 Å². The van der Waals surface area contributed by atoms with Crippen LogP contribution in [0.15, 0.2) is 24.3 Å². The largest absolute Gasteiger partial charge is 0.322 e. The molecule has 1 aromatic rings. The first-order valence-corrected chi connectivity index (χ1v) is 4.55. The minimum Gasteiger partial charge on any atom is -0.322 e. The topological polar surface area (TPSA) is 43.1 Å². The van der Waals surface area contributed by atoms with E-state index in [1.807, 2.05) is 24.3 Å². The summed E-state index contributed by atoms with van der Waals surface area (Å²) in [5, 5.41) is 0.720. The molecule has 3 heteroatoms. The van der Waals surface area contributed by atoms with Gasteiger partial charge in [0.15, 0.2) is 0 Å². The number of aryl methyl sites for hydroxylation is 1. The number of halogens is 1. The van der Waals surface area contributed by atoms with Gasteiger partial charge >= 0.3 is 0 Å². The van der Waals surface area contributed by atoms with Crippen molar-refractivity contribution in [1.82, 2.24) is 0 Å². The monoisotopic (exact) mass is 197 g/mol. The van der Waals surface area contributed by atoms with Gasteiger partial charge in [0.05, 0.1) is 6.04 Å². The second-order valence-corrected chi connectivity index (χ2v) is 3.40. The lowest BCUT2D eigenvalue weighted by atomic mass is 10.1. The van der Waals surface area contributed by atoms with E-state index in [1.54, 1.807) is 0 Å². The molecule has 1 unspecified atom stereocenters. The van der Waals surface area contributed by atoms with Crippen molar-refractivity contribution in [1.29, 1.82) is 0 Å². The lowest BCUT2D eigenvalue weighted by Gasteiger charge is -2.03. The normalized spacial score (nSPS) is 12.5. The average molecular weight is 198 g/mol. The molecular formula is C10H12ClNO. The third kappa shape index (κ3) is 3.57. The lowest BCUT2D eigenvalue weighted by Crippen LogP contribution is -2.21.